The lowest BCUT2D eigenvalue weighted by molar-refractivity contribution is -0.125. The smallest absolute Gasteiger partial charge is 0.225 e. The number of methoxy groups -OCH3 is 1. The number of anilines is 1. The number of aromatic nitrogens is 4. The number of carbonyl (C=O) groups is 1. The molecule has 1 N–H and O–H groups in total. The van der Waals surface area contributed by atoms with E-state index < -0.39 is 0 Å². The quantitative estimate of drug-likeness (QED) is 0.452. The van der Waals surface area contributed by atoms with Crippen LogP contribution in [0.25, 0.3) is 16.6 Å². The van der Waals surface area contributed by atoms with Crippen LogP contribution in [0.3, 0.4) is 0 Å². The van der Waals surface area contributed by atoms with Crippen molar-refractivity contribution in [2.24, 2.45) is 5.92 Å². The van der Waals surface area contributed by atoms with E-state index in [2.05, 4.69) is 27.3 Å². The van der Waals surface area contributed by atoms with E-state index in [0.29, 0.717) is 13.1 Å². The fraction of sp³-hybridized carbons (Fsp3) is 0.360. The van der Waals surface area contributed by atoms with Gasteiger partial charge in [-0.15, -0.1) is 16.4 Å². The van der Waals surface area contributed by atoms with Crippen molar-refractivity contribution in [1.82, 2.24) is 25.3 Å². The summed E-state index contributed by atoms with van der Waals surface area (Å²) in [5.41, 5.74) is 3.62. The molecular formula is C25H28N6O2S. The molecule has 3 aromatic heterocycles. The zero-order valence-corrected chi connectivity index (χ0v) is 20.4. The van der Waals surface area contributed by atoms with Gasteiger partial charge in [0, 0.05) is 18.0 Å². The molecule has 0 radical (unpaired) electrons. The number of rotatable bonds is 6. The van der Waals surface area contributed by atoms with Crippen molar-refractivity contribution < 1.29 is 9.53 Å². The molecule has 1 amide bonds. The van der Waals surface area contributed by atoms with E-state index in [9.17, 15) is 4.79 Å². The third-order valence-electron chi connectivity index (χ3n) is 6.41. The van der Waals surface area contributed by atoms with Crippen LogP contribution in [0.1, 0.15) is 29.1 Å². The number of amides is 1. The van der Waals surface area contributed by atoms with Crippen molar-refractivity contribution >= 4 is 34.0 Å². The predicted octanol–water partition coefficient (Wildman–Crippen LogP) is 4.04. The van der Waals surface area contributed by atoms with Crippen LogP contribution in [0.15, 0.2) is 41.8 Å². The standard InChI is InChI=1S/C25H28N6O2S/c1-16-22-17(2)31(19-8-10-20(33-3)11-9-19)29-23(22)24(28-27-16)30-12-4-6-18(15-30)25(32)26-14-21-7-5-13-34-21/h5,7-11,13,18H,4,6,12,14-15H2,1-3H3,(H,26,32)/t18-/m1/s1. The second-order valence-electron chi connectivity index (χ2n) is 8.61. The number of carbonyl (C=O) groups excluding carboxylic acids is 1. The minimum absolute atomic E-state index is 0.0864. The number of nitrogens with zero attached hydrogens (tertiary/aromatic N) is 5. The average Bonchev–Trinajstić information content (AvgIpc) is 3.51. The molecule has 0 bridgehead atoms. The first-order valence-electron chi connectivity index (χ1n) is 11.5. The highest BCUT2D eigenvalue weighted by molar-refractivity contribution is 7.09. The predicted molar refractivity (Wildman–Crippen MR) is 134 cm³/mol. The molecule has 1 saturated heterocycles. The molecule has 1 fully saturated rings. The fourth-order valence-corrected chi connectivity index (χ4v) is 5.26. The fourth-order valence-electron chi connectivity index (χ4n) is 4.61. The molecular weight excluding hydrogens is 448 g/mol. The lowest BCUT2D eigenvalue weighted by Gasteiger charge is -2.32. The number of piperidine rings is 1. The monoisotopic (exact) mass is 476 g/mol. The number of thiophene rings is 1. The summed E-state index contributed by atoms with van der Waals surface area (Å²) >= 11 is 1.65. The highest BCUT2D eigenvalue weighted by Crippen LogP contribution is 2.32. The van der Waals surface area contributed by atoms with Gasteiger partial charge in [-0.3, -0.25) is 4.79 Å². The summed E-state index contributed by atoms with van der Waals surface area (Å²) in [6.45, 7) is 6.03. The molecule has 9 heteroatoms. The van der Waals surface area contributed by atoms with Gasteiger partial charge in [0.15, 0.2) is 5.82 Å². The van der Waals surface area contributed by atoms with Crippen molar-refractivity contribution in [3.8, 4) is 11.4 Å². The average molecular weight is 477 g/mol. The first-order valence-corrected chi connectivity index (χ1v) is 12.3. The van der Waals surface area contributed by atoms with E-state index in [1.165, 1.54) is 0 Å². The maximum atomic E-state index is 12.9. The van der Waals surface area contributed by atoms with Crippen LogP contribution >= 0.6 is 11.3 Å². The first kappa shape index (κ1) is 22.3. The highest BCUT2D eigenvalue weighted by atomic mass is 32.1. The van der Waals surface area contributed by atoms with Gasteiger partial charge in [0.2, 0.25) is 5.91 Å². The van der Waals surface area contributed by atoms with Gasteiger partial charge in [0.05, 0.1) is 42.0 Å². The molecule has 0 aliphatic carbocycles. The van der Waals surface area contributed by atoms with E-state index in [4.69, 9.17) is 9.84 Å². The molecule has 5 rings (SSSR count). The van der Waals surface area contributed by atoms with Gasteiger partial charge in [-0.25, -0.2) is 4.68 Å². The third-order valence-corrected chi connectivity index (χ3v) is 7.29. The molecule has 1 aliphatic heterocycles. The van der Waals surface area contributed by atoms with Crippen LogP contribution in [0, 0.1) is 19.8 Å². The molecule has 0 spiro atoms. The third kappa shape index (κ3) is 4.23. The number of hydrogen-bond acceptors (Lipinski definition) is 7. The SMILES string of the molecule is COc1ccc(-n2nc3c(N4CCC[C@@H](C(=O)NCc5cccs5)C4)nnc(C)c3c2C)cc1. The van der Waals surface area contributed by atoms with Gasteiger partial charge >= 0.3 is 0 Å². The van der Waals surface area contributed by atoms with Gasteiger partial charge in [-0.2, -0.15) is 10.2 Å². The van der Waals surface area contributed by atoms with Crippen LogP contribution in [-0.4, -0.2) is 46.1 Å². The summed E-state index contributed by atoms with van der Waals surface area (Å²) in [7, 11) is 1.66. The molecule has 0 saturated carbocycles. The zero-order valence-electron chi connectivity index (χ0n) is 19.6. The van der Waals surface area contributed by atoms with E-state index in [0.717, 1.165) is 63.8 Å². The van der Waals surface area contributed by atoms with Gasteiger partial charge in [0.25, 0.3) is 0 Å². The lowest BCUT2D eigenvalue weighted by Crippen LogP contribution is -2.43. The minimum atomic E-state index is -0.0864. The molecule has 176 valence electrons. The summed E-state index contributed by atoms with van der Waals surface area (Å²) in [4.78, 5) is 16.2. The van der Waals surface area contributed by atoms with Gasteiger partial charge in [-0.05, 0) is 62.4 Å². The summed E-state index contributed by atoms with van der Waals surface area (Å²) in [5, 5.41) is 20.1. The molecule has 0 unspecified atom stereocenters. The van der Waals surface area contributed by atoms with Crippen molar-refractivity contribution in [2.75, 3.05) is 25.1 Å². The van der Waals surface area contributed by atoms with Crippen LogP contribution in [0.2, 0.25) is 0 Å². The Morgan fingerprint density at radius 3 is 2.76 bits per heavy atom. The lowest BCUT2D eigenvalue weighted by atomic mass is 9.97. The first-order chi connectivity index (χ1) is 16.5. The van der Waals surface area contributed by atoms with E-state index in [-0.39, 0.29) is 11.8 Å². The van der Waals surface area contributed by atoms with Crippen LogP contribution in [0.4, 0.5) is 5.82 Å². The molecule has 4 aromatic rings. The molecule has 1 aromatic carbocycles. The topological polar surface area (TPSA) is 85.2 Å². The number of hydrogen-bond donors (Lipinski definition) is 1. The zero-order chi connectivity index (χ0) is 23.7. The maximum absolute atomic E-state index is 12.9. The van der Waals surface area contributed by atoms with Crippen molar-refractivity contribution in [1.29, 1.82) is 0 Å². The highest BCUT2D eigenvalue weighted by Gasteiger charge is 2.29. The Morgan fingerprint density at radius 2 is 2.03 bits per heavy atom. The van der Waals surface area contributed by atoms with E-state index in [1.807, 2.05) is 53.4 Å². The summed E-state index contributed by atoms with van der Waals surface area (Å²) in [6, 6.07) is 11.9. The Balaban J connectivity index is 1.42. The van der Waals surface area contributed by atoms with Crippen LogP contribution in [0.5, 0.6) is 5.75 Å². The Morgan fingerprint density at radius 1 is 1.21 bits per heavy atom. The van der Waals surface area contributed by atoms with Crippen LogP contribution in [-0.2, 0) is 11.3 Å². The van der Waals surface area contributed by atoms with Crippen molar-refractivity contribution in [3.63, 3.8) is 0 Å². The molecule has 8 nitrogen and oxygen atoms in total. The minimum Gasteiger partial charge on any atom is -0.497 e. The normalized spacial score (nSPS) is 16.1. The second kappa shape index (κ2) is 9.42. The number of benzene rings is 1. The number of fused-ring (bicyclic) bond motifs is 1. The maximum Gasteiger partial charge on any atom is 0.225 e. The van der Waals surface area contributed by atoms with Gasteiger partial charge in [0.1, 0.15) is 11.3 Å². The molecule has 4 heterocycles. The van der Waals surface area contributed by atoms with Gasteiger partial charge < -0.3 is 15.0 Å². The largest absolute Gasteiger partial charge is 0.497 e. The van der Waals surface area contributed by atoms with E-state index >= 15 is 0 Å². The van der Waals surface area contributed by atoms with Gasteiger partial charge in [-0.1, -0.05) is 6.07 Å². The summed E-state index contributed by atoms with van der Waals surface area (Å²) in [6.07, 6.45) is 1.79. The number of aryl methyl sites for hydroxylation is 2. The summed E-state index contributed by atoms with van der Waals surface area (Å²) in [5.74, 6) is 1.55. The number of ether oxygens (including phenoxy) is 1. The Labute approximate surface area is 202 Å². The van der Waals surface area contributed by atoms with Crippen molar-refractivity contribution in [3.05, 3.63) is 58.0 Å². The number of nitrogens with one attached hydrogen (secondary N) is 1. The molecule has 1 atom stereocenters. The van der Waals surface area contributed by atoms with E-state index in [1.54, 1.807) is 18.4 Å². The van der Waals surface area contributed by atoms with Crippen molar-refractivity contribution in [2.45, 2.75) is 33.2 Å². The second-order valence-corrected chi connectivity index (χ2v) is 9.64. The summed E-state index contributed by atoms with van der Waals surface area (Å²) < 4.78 is 7.22. The Bertz CT molecular complexity index is 1300. The molecule has 1 aliphatic rings. The molecule has 34 heavy (non-hydrogen) atoms. The Kier molecular flexibility index (Phi) is 6.19. The Hall–Kier alpha value is -3.46. The van der Waals surface area contributed by atoms with Crippen LogP contribution < -0.4 is 15.0 Å².